The fourth-order valence-electron chi connectivity index (χ4n) is 14.8. The molecule has 8 aliphatic heterocycles. The Kier molecular flexibility index (Phi) is 22.7. The number of nitrogens with two attached hydrogens (primary N) is 4. The Labute approximate surface area is 760 Å². The third-order valence-electron chi connectivity index (χ3n) is 21.7. The van der Waals surface area contributed by atoms with Crippen LogP contribution in [0.1, 0.15) is 272 Å². The van der Waals surface area contributed by atoms with Gasteiger partial charge in [0, 0.05) is 153 Å². The molecule has 0 saturated carbocycles. The third-order valence-corrected chi connectivity index (χ3v) is 21.7. The van der Waals surface area contributed by atoms with Gasteiger partial charge in [-0.1, -0.05) is 111 Å². The Bertz CT molecular complexity index is 5340. The van der Waals surface area contributed by atoms with E-state index in [-0.39, 0.29) is 146 Å². The molecule has 4 saturated heterocycles. The van der Waals surface area contributed by atoms with Crippen molar-refractivity contribution >= 4 is 23.9 Å². The smallest absolute Gasteiger partial charge is 0.323 e. The van der Waals surface area contributed by atoms with Gasteiger partial charge in [-0.2, -0.15) is 0 Å². The minimum atomic E-state index is -3.02. The summed E-state index contributed by atoms with van der Waals surface area (Å²) >= 11 is 0. The van der Waals surface area contributed by atoms with E-state index in [0.29, 0.717) is 57.9 Å². The third kappa shape index (κ3) is 23.8. The summed E-state index contributed by atoms with van der Waals surface area (Å²) in [7, 11) is 2.84. The molecule has 8 N–H and O–H groups in total. The lowest BCUT2D eigenvalue weighted by Gasteiger charge is -2.47. The first-order valence-electron chi connectivity index (χ1n) is 56.6. The lowest BCUT2D eigenvalue weighted by molar-refractivity contribution is -0.161. The number of carbonyl (C=O) groups excluding carboxylic acids is 4. The van der Waals surface area contributed by atoms with Gasteiger partial charge in [0.05, 0.1) is 70.4 Å². The minimum absolute atomic E-state index is 0.0105. The van der Waals surface area contributed by atoms with Crippen molar-refractivity contribution in [1.82, 2.24) is 19.6 Å². The molecular formula is C96H152N8O16. The fourth-order valence-corrected chi connectivity index (χ4v) is 14.8. The summed E-state index contributed by atoms with van der Waals surface area (Å²) < 4.78 is 331. The average Bonchev–Trinajstić information content (AvgIpc) is 0.694. The molecule has 0 spiro atoms. The van der Waals surface area contributed by atoms with E-state index in [9.17, 15) is 41.1 Å². The zero-order valence-electron chi connectivity index (χ0n) is 104. The van der Waals surface area contributed by atoms with Crippen LogP contribution in [0.5, 0.6) is 46.0 Å². The van der Waals surface area contributed by atoms with Crippen molar-refractivity contribution in [3.63, 3.8) is 0 Å². The van der Waals surface area contributed by atoms with Crippen LogP contribution in [0.2, 0.25) is 0 Å². The van der Waals surface area contributed by atoms with Gasteiger partial charge < -0.3 is 79.8 Å². The highest BCUT2D eigenvalue weighted by molar-refractivity contribution is 5.77. The summed E-state index contributed by atoms with van der Waals surface area (Å²) in [6.45, 7) is 17.1. The SMILES string of the molecule is [2H]C([2H])([2H])Oc1cc2c(cc1OC)C1N(CC2)C([2H])([2H])C([2H])(CC(C)C)C([2H])(OC(=O)[C@@H](N)C(C)C)C1([2H])[2H].[2H]C([2H])([2H])Oc1cc2c(cc1OC)C1N(CC2)C([2H])([2H])C([2H])(CC(C)C)C([2H])(OC(=O)[C@@H](N)C(C)C)C1([2H])[2H].[2H]C1([2H])C(OC(=O)[C@@H](N)C(C)C)C([2H])(CC(C)C)C([2H])([2H])N2CCc3cc(OC)c(OC)cc3C21[2H].[2H]C1([2H])C2c3cc(OC)c(OC)cc3CCN2C([2H])([2H])C([2H])(CC(C)C)C1([2H])OC(=O)[C@@H](N)C(C)C. The summed E-state index contributed by atoms with van der Waals surface area (Å²) in [5, 5.41) is 0. The molecule has 0 radical (unpaired) electrons. The van der Waals surface area contributed by atoms with Crippen molar-refractivity contribution in [2.75, 3.05) is 109 Å². The summed E-state index contributed by atoms with van der Waals surface area (Å²) in [5.74, 6) is -15.4. The van der Waals surface area contributed by atoms with Crippen LogP contribution in [0.3, 0.4) is 0 Å². The second kappa shape index (κ2) is 43.9. The molecule has 8 heterocycles. The van der Waals surface area contributed by atoms with Crippen LogP contribution in [0, 0.1) is 70.9 Å². The molecule has 0 amide bonds. The van der Waals surface area contributed by atoms with Crippen LogP contribution >= 0.6 is 0 Å². The molecule has 4 aromatic carbocycles. The van der Waals surface area contributed by atoms with Crippen LogP contribution in [-0.2, 0) is 63.8 Å². The summed E-state index contributed by atoms with van der Waals surface area (Å²) in [6, 6.07) is 0.693. The molecule has 672 valence electrons. The van der Waals surface area contributed by atoms with Crippen molar-refractivity contribution in [2.24, 2.45) is 93.9 Å². The predicted octanol–water partition coefficient (Wildman–Crippen LogP) is 14.3. The number of rotatable bonds is 28. The van der Waals surface area contributed by atoms with Crippen molar-refractivity contribution in [3.05, 3.63) is 93.0 Å². The average molecular weight is 1700 g/mol. The molecule has 12 rings (SSSR count). The second-order valence-corrected chi connectivity index (χ2v) is 34.2. The molecule has 120 heavy (non-hydrogen) atoms. The fraction of sp³-hybridized carbons (Fsp3) is 0.708. The first kappa shape index (κ1) is 62.0. The van der Waals surface area contributed by atoms with Crippen LogP contribution in [0.25, 0.3) is 0 Å². The van der Waals surface area contributed by atoms with Gasteiger partial charge in [-0.15, -0.1) is 0 Å². The lowest BCUT2D eigenvalue weighted by Crippen LogP contribution is -2.51. The maximum atomic E-state index is 13.1. The predicted molar refractivity (Wildman–Crippen MR) is 471 cm³/mol. The van der Waals surface area contributed by atoms with E-state index in [2.05, 4.69) is 0 Å². The Hall–Kier alpha value is -7.16. The lowest BCUT2D eigenvalue weighted by atomic mass is 9.79. The Morgan fingerprint density at radius 3 is 0.867 bits per heavy atom. The number of esters is 4. The number of hydrogen-bond donors (Lipinski definition) is 4. The normalized spacial score (nSPS) is 37.0. The zero-order valence-corrected chi connectivity index (χ0v) is 74.0. The highest BCUT2D eigenvalue weighted by Crippen LogP contribution is 2.50. The number of hydrogen-bond acceptors (Lipinski definition) is 24. The Morgan fingerprint density at radius 1 is 0.350 bits per heavy atom. The first-order valence-corrected chi connectivity index (χ1v) is 41.6. The van der Waals surface area contributed by atoms with Gasteiger partial charge in [-0.25, -0.2) is 0 Å². The van der Waals surface area contributed by atoms with E-state index in [4.69, 9.17) is 99.0 Å². The molecular weight excluding hydrogens is 1520 g/mol. The van der Waals surface area contributed by atoms with E-state index in [1.54, 1.807) is 129 Å². The van der Waals surface area contributed by atoms with Crippen molar-refractivity contribution in [2.45, 2.75) is 260 Å². The van der Waals surface area contributed by atoms with Gasteiger partial charge in [-0.3, -0.25) is 38.8 Å². The molecule has 4 aromatic rings. The topological polar surface area (TPSA) is 296 Å². The number of fused-ring (bicyclic) bond motifs is 12. The summed E-state index contributed by atoms with van der Waals surface area (Å²) in [5.41, 5.74) is 27.2. The highest BCUT2D eigenvalue weighted by Gasteiger charge is 2.47. The van der Waals surface area contributed by atoms with E-state index in [1.807, 2.05) is 0 Å². The monoisotopic (exact) mass is 1700 g/mol. The number of benzene rings is 4. The van der Waals surface area contributed by atoms with Crippen molar-refractivity contribution in [1.29, 1.82) is 0 Å². The number of ether oxygens (including phenoxy) is 12. The number of nitrogens with zero attached hydrogens (tertiary/aromatic N) is 4. The Morgan fingerprint density at radius 2 is 0.592 bits per heavy atom. The van der Waals surface area contributed by atoms with E-state index in [0.717, 1.165) is 4.90 Å². The zero-order chi connectivity index (χ0) is 115. The standard InChI is InChI=1S/4C24H38N2O4/c4*1-14(2)9-17-13-26-8-7-16-10-21(28-5)22(29-6)11-18(16)19(26)12-20(17)30-24(27)23(25)15(3)4/h4*10-11,14-15,17,19-20,23H,7-9,12-13,25H2,1-6H3/t4*17?,19?,20?,23-/m0000/s1/i2*5D3,12D2,13D2,17D,20D;12D2,13D2,17D,20D;12D2,13D2,17D,19D. The van der Waals surface area contributed by atoms with Crippen molar-refractivity contribution in [3.8, 4) is 46.0 Å². The van der Waals surface area contributed by atoms with Gasteiger partial charge in [0.1, 0.15) is 48.5 Å². The number of carbonyl (C=O) groups is 4. The van der Waals surface area contributed by atoms with E-state index < -0.39 is 197 Å². The molecule has 0 aliphatic carbocycles. The molecule has 16 atom stereocenters. The van der Waals surface area contributed by atoms with E-state index in [1.165, 1.54) is 87.7 Å². The van der Waals surface area contributed by atoms with Crippen LogP contribution in [-0.4, -0.2) is 201 Å². The molecule has 4 fully saturated rings. The van der Waals surface area contributed by atoms with Crippen LogP contribution in [0.15, 0.2) is 48.5 Å². The molecule has 0 aromatic heterocycles. The largest absolute Gasteiger partial charge is 0.493 e. The van der Waals surface area contributed by atoms with Gasteiger partial charge in [0.25, 0.3) is 0 Å². The maximum Gasteiger partial charge on any atom is 0.323 e. The van der Waals surface area contributed by atoms with Gasteiger partial charge in [0.2, 0.25) is 0 Å². The number of methoxy groups -OCH3 is 8. The minimum Gasteiger partial charge on any atom is -0.493 e. The summed E-state index contributed by atoms with van der Waals surface area (Å²) in [4.78, 5) is 57.0. The second-order valence-electron chi connectivity index (χ2n) is 34.2. The van der Waals surface area contributed by atoms with Gasteiger partial charge in [-0.05, 0) is 192 Å². The van der Waals surface area contributed by atoms with Crippen LogP contribution in [0.4, 0.5) is 0 Å². The van der Waals surface area contributed by atoms with Gasteiger partial charge >= 0.3 is 23.9 Å². The molecule has 12 unspecified atom stereocenters. The molecule has 24 nitrogen and oxygen atoms in total. The molecule has 24 heteroatoms. The number of piperidine rings is 4. The van der Waals surface area contributed by atoms with Crippen LogP contribution < -0.4 is 60.8 Å². The quantitative estimate of drug-likeness (QED) is 0.0303. The maximum absolute atomic E-state index is 13.1. The van der Waals surface area contributed by atoms with E-state index >= 15 is 0 Å². The highest BCUT2D eigenvalue weighted by atomic mass is 16.6. The van der Waals surface area contributed by atoms with Crippen molar-refractivity contribution < 1.29 is 117 Å². The van der Waals surface area contributed by atoms with Gasteiger partial charge in [0.15, 0.2) is 46.0 Å². The molecule has 8 aliphatic rings. The Balaban J connectivity index is 0.000000222. The molecule has 0 bridgehead atoms. The summed E-state index contributed by atoms with van der Waals surface area (Å²) in [6.07, 6.45) is -21.7. The first-order chi connectivity index (χ1) is 68.3.